The van der Waals surface area contributed by atoms with E-state index in [1.165, 1.54) is 37.4 Å². The van der Waals surface area contributed by atoms with Crippen LogP contribution >= 0.6 is 0 Å². The fourth-order valence-electron chi connectivity index (χ4n) is 2.29. The number of nitrogens with one attached hydrogen (secondary N) is 1. The van der Waals surface area contributed by atoms with Crippen molar-refractivity contribution in [1.29, 1.82) is 0 Å². The van der Waals surface area contributed by atoms with E-state index in [1.807, 2.05) is 0 Å². The lowest BCUT2D eigenvalue weighted by Gasteiger charge is -2.08. The van der Waals surface area contributed by atoms with Gasteiger partial charge in [-0.25, -0.2) is 14.7 Å². The minimum atomic E-state index is -0.624. The zero-order chi connectivity index (χ0) is 16.6. The van der Waals surface area contributed by atoms with Crippen LogP contribution in [0, 0.1) is 10.1 Å². The molecule has 3 aromatic rings. The summed E-state index contributed by atoms with van der Waals surface area (Å²) in [7, 11) is 1.23. The number of ether oxygens (including phenoxy) is 1. The van der Waals surface area contributed by atoms with Crippen molar-refractivity contribution in [2.75, 3.05) is 7.11 Å². The number of fused-ring (bicyclic) bond motifs is 1. The molecule has 8 heteroatoms. The molecule has 8 nitrogen and oxygen atoms in total. The normalized spacial score (nSPS) is 10.7. The van der Waals surface area contributed by atoms with E-state index >= 15 is 0 Å². The zero-order valence-corrected chi connectivity index (χ0v) is 11.9. The number of rotatable bonds is 3. The Bertz CT molecular complexity index is 968. The summed E-state index contributed by atoms with van der Waals surface area (Å²) in [6.07, 6.45) is 0. The number of aromatic amines is 1. The Morgan fingerprint density at radius 3 is 2.57 bits per heavy atom. The first kappa shape index (κ1) is 14.5. The molecule has 0 amide bonds. The molecule has 1 N–H and O–H groups in total. The monoisotopic (exact) mass is 314 g/mol. The van der Waals surface area contributed by atoms with Gasteiger partial charge in [-0.2, -0.15) is 0 Å². The Morgan fingerprint density at radius 2 is 1.96 bits per heavy atom. The van der Waals surface area contributed by atoms with Crippen LogP contribution < -0.4 is 5.63 Å². The lowest BCUT2D eigenvalue weighted by Crippen LogP contribution is -2.05. The first-order valence-corrected chi connectivity index (χ1v) is 6.49. The number of nitro benzene ring substituents is 1. The molecule has 23 heavy (non-hydrogen) atoms. The van der Waals surface area contributed by atoms with E-state index in [4.69, 9.17) is 9.26 Å². The van der Waals surface area contributed by atoms with Crippen molar-refractivity contribution in [3.8, 4) is 11.1 Å². The smallest absolute Gasteiger partial charge is 0.365 e. The standard InChI is InChI=1S/C15H10N2O6/c1-22-14(18)11-6-12-13(16-23-15(12)19)7-10(11)8-2-4-9(5-3-8)17(20)21/h2-7,16H,1H3. The lowest BCUT2D eigenvalue weighted by atomic mass is 9.98. The van der Waals surface area contributed by atoms with Crippen molar-refractivity contribution >= 4 is 22.6 Å². The molecule has 0 bridgehead atoms. The summed E-state index contributed by atoms with van der Waals surface area (Å²) < 4.78 is 9.44. The van der Waals surface area contributed by atoms with Crippen LogP contribution in [0.25, 0.3) is 22.0 Å². The molecule has 0 radical (unpaired) electrons. The first-order valence-electron chi connectivity index (χ1n) is 6.49. The Kier molecular flexibility index (Phi) is 3.41. The average Bonchev–Trinajstić information content (AvgIpc) is 2.93. The van der Waals surface area contributed by atoms with Crippen LogP contribution in [0.4, 0.5) is 5.69 Å². The molecule has 1 heterocycles. The number of nitrogens with zero attached hydrogens (tertiary/aromatic N) is 1. The van der Waals surface area contributed by atoms with Gasteiger partial charge in [-0.05, 0) is 35.4 Å². The average molecular weight is 314 g/mol. The number of hydrogen-bond donors (Lipinski definition) is 1. The third kappa shape index (κ3) is 2.46. The van der Waals surface area contributed by atoms with Crippen molar-refractivity contribution in [2.24, 2.45) is 0 Å². The van der Waals surface area contributed by atoms with Crippen LogP contribution in [0.2, 0.25) is 0 Å². The molecule has 0 aliphatic heterocycles. The quantitative estimate of drug-likeness (QED) is 0.451. The predicted molar refractivity (Wildman–Crippen MR) is 80.3 cm³/mol. The lowest BCUT2D eigenvalue weighted by molar-refractivity contribution is -0.384. The molecule has 0 aliphatic rings. The van der Waals surface area contributed by atoms with E-state index < -0.39 is 16.5 Å². The second kappa shape index (κ2) is 5.41. The topological polar surface area (TPSA) is 115 Å². The van der Waals surface area contributed by atoms with E-state index in [9.17, 15) is 19.7 Å². The summed E-state index contributed by atoms with van der Waals surface area (Å²) in [6, 6.07) is 8.64. The molecule has 0 spiro atoms. The molecule has 0 fully saturated rings. The van der Waals surface area contributed by atoms with Gasteiger partial charge in [0.2, 0.25) is 0 Å². The first-order chi connectivity index (χ1) is 11.0. The highest BCUT2D eigenvalue weighted by molar-refractivity contribution is 6.02. The van der Waals surface area contributed by atoms with Gasteiger partial charge < -0.3 is 9.26 Å². The predicted octanol–water partition coefficient (Wildman–Crippen LogP) is 2.48. The Morgan fingerprint density at radius 1 is 1.26 bits per heavy atom. The zero-order valence-electron chi connectivity index (χ0n) is 11.9. The summed E-state index contributed by atoms with van der Waals surface area (Å²) in [4.78, 5) is 33.8. The van der Waals surface area contributed by atoms with E-state index in [2.05, 4.69) is 5.16 Å². The molecule has 0 saturated heterocycles. The van der Waals surface area contributed by atoms with Gasteiger partial charge in [0.05, 0.1) is 28.5 Å². The van der Waals surface area contributed by atoms with Gasteiger partial charge in [0.1, 0.15) is 0 Å². The third-order valence-electron chi connectivity index (χ3n) is 3.43. The minimum absolute atomic E-state index is 0.0637. The molecule has 0 atom stereocenters. The van der Waals surface area contributed by atoms with Crippen molar-refractivity contribution in [3.05, 3.63) is 62.5 Å². The van der Waals surface area contributed by atoms with Crippen LogP contribution in [-0.2, 0) is 4.74 Å². The van der Waals surface area contributed by atoms with Gasteiger partial charge >= 0.3 is 11.6 Å². The summed E-state index contributed by atoms with van der Waals surface area (Å²) >= 11 is 0. The number of aromatic nitrogens is 1. The maximum atomic E-state index is 12.0. The van der Waals surface area contributed by atoms with E-state index in [0.29, 0.717) is 16.6 Å². The van der Waals surface area contributed by atoms with Crippen LogP contribution in [0.5, 0.6) is 0 Å². The second-order valence-electron chi connectivity index (χ2n) is 4.73. The van der Waals surface area contributed by atoms with Crippen LogP contribution in [0.3, 0.4) is 0 Å². The van der Waals surface area contributed by atoms with E-state index in [0.717, 1.165) is 0 Å². The van der Waals surface area contributed by atoms with Gasteiger partial charge in [-0.3, -0.25) is 10.1 Å². The number of methoxy groups -OCH3 is 1. The Labute approximate surface area is 128 Å². The summed E-state index contributed by atoms with van der Waals surface area (Å²) in [5.41, 5.74) is 0.958. The van der Waals surface area contributed by atoms with Crippen LogP contribution in [0.15, 0.2) is 45.7 Å². The molecule has 0 unspecified atom stereocenters. The molecular formula is C15H10N2O6. The fourth-order valence-corrected chi connectivity index (χ4v) is 2.29. The van der Waals surface area contributed by atoms with Crippen molar-refractivity contribution in [3.63, 3.8) is 0 Å². The van der Waals surface area contributed by atoms with Gasteiger partial charge in [0.25, 0.3) is 5.69 Å². The maximum absolute atomic E-state index is 12.0. The molecule has 0 aliphatic carbocycles. The van der Waals surface area contributed by atoms with Crippen LogP contribution in [0.1, 0.15) is 10.4 Å². The number of esters is 1. The molecule has 0 saturated carbocycles. The van der Waals surface area contributed by atoms with Crippen molar-refractivity contribution in [2.45, 2.75) is 0 Å². The number of carbonyl (C=O) groups excluding carboxylic acids is 1. The van der Waals surface area contributed by atoms with Crippen molar-refractivity contribution < 1.29 is 19.0 Å². The van der Waals surface area contributed by atoms with Crippen molar-refractivity contribution in [1.82, 2.24) is 5.16 Å². The van der Waals surface area contributed by atoms with Gasteiger partial charge in [-0.15, -0.1) is 0 Å². The summed E-state index contributed by atoms with van der Waals surface area (Å²) in [5, 5.41) is 13.4. The molecule has 3 rings (SSSR count). The van der Waals surface area contributed by atoms with E-state index in [-0.39, 0.29) is 16.6 Å². The Balaban J connectivity index is 2.23. The third-order valence-corrected chi connectivity index (χ3v) is 3.43. The highest BCUT2D eigenvalue weighted by atomic mass is 16.6. The number of hydrogen-bond acceptors (Lipinski definition) is 6. The molecular weight excluding hydrogens is 304 g/mol. The molecule has 2 aromatic carbocycles. The van der Waals surface area contributed by atoms with E-state index in [1.54, 1.807) is 6.07 Å². The number of non-ortho nitro benzene ring substituents is 1. The number of nitro groups is 1. The number of benzene rings is 2. The van der Waals surface area contributed by atoms with Gasteiger partial charge in [-0.1, -0.05) is 0 Å². The maximum Gasteiger partial charge on any atom is 0.365 e. The van der Waals surface area contributed by atoms with Gasteiger partial charge in [0.15, 0.2) is 0 Å². The summed E-state index contributed by atoms with van der Waals surface area (Å²) in [5.74, 6) is -0.624. The molecule has 116 valence electrons. The van der Waals surface area contributed by atoms with Gasteiger partial charge in [0, 0.05) is 12.1 Å². The highest BCUT2D eigenvalue weighted by Gasteiger charge is 2.18. The highest BCUT2D eigenvalue weighted by Crippen LogP contribution is 2.29. The largest absolute Gasteiger partial charge is 0.465 e. The minimum Gasteiger partial charge on any atom is -0.465 e. The number of carbonyl (C=O) groups is 1. The SMILES string of the molecule is COC(=O)c1cc2c(=O)o[nH]c2cc1-c1ccc([N+](=O)[O-])cc1. The fraction of sp³-hybridized carbons (Fsp3) is 0.0667. The summed E-state index contributed by atoms with van der Waals surface area (Å²) in [6.45, 7) is 0. The Hall–Kier alpha value is -3.42. The number of H-pyrrole nitrogens is 1. The second-order valence-corrected chi connectivity index (χ2v) is 4.73. The van der Waals surface area contributed by atoms with Crippen LogP contribution in [-0.4, -0.2) is 23.2 Å². The molecule has 1 aromatic heterocycles.